The summed E-state index contributed by atoms with van der Waals surface area (Å²) in [5, 5.41) is 24.9. The molecule has 14 nitrogen and oxygen atoms in total. The third kappa shape index (κ3) is 6.94. The van der Waals surface area contributed by atoms with Gasteiger partial charge in [-0.2, -0.15) is 0 Å². The molecule has 224 valence electrons. The lowest BCUT2D eigenvalue weighted by Crippen LogP contribution is -2.58. The number of aromatic nitrogens is 1. The number of carbonyl (C=O) groups is 5. The molecule has 1 aliphatic rings. The maximum absolute atomic E-state index is 13.5. The molecular formula is C28H34N6O8. The van der Waals surface area contributed by atoms with E-state index in [1.54, 1.807) is 38.1 Å². The predicted molar refractivity (Wildman–Crippen MR) is 148 cm³/mol. The maximum Gasteiger partial charge on any atom is 0.290 e. The van der Waals surface area contributed by atoms with Crippen LogP contribution in [-0.2, 0) is 20.9 Å². The van der Waals surface area contributed by atoms with Crippen LogP contribution >= 0.6 is 0 Å². The average molecular weight is 583 g/mol. The van der Waals surface area contributed by atoms with Gasteiger partial charge < -0.3 is 40.2 Å². The molecule has 0 spiro atoms. The van der Waals surface area contributed by atoms with Crippen LogP contribution in [0.1, 0.15) is 54.5 Å². The molecule has 0 aliphatic carbocycles. The second-order valence-electron chi connectivity index (χ2n) is 10.5. The van der Waals surface area contributed by atoms with E-state index in [1.165, 1.54) is 24.8 Å². The Labute approximate surface area is 241 Å². The van der Waals surface area contributed by atoms with Crippen LogP contribution in [0.5, 0.6) is 0 Å². The molecule has 2 bridgehead atoms. The molecule has 2 aromatic heterocycles. The smallest absolute Gasteiger partial charge is 0.290 e. The molecule has 0 saturated heterocycles. The molecule has 0 fully saturated rings. The molecule has 4 rings (SSSR count). The van der Waals surface area contributed by atoms with Crippen molar-refractivity contribution in [2.75, 3.05) is 13.1 Å². The first kappa shape index (κ1) is 30.2. The summed E-state index contributed by atoms with van der Waals surface area (Å²) in [7, 11) is 0. The Hall–Kier alpha value is -4.72. The largest absolute Gasteiger partial charge is 0.451 e. The average Bonchev–Trinajstić information content (AvgIpc) is 3.59. The number of furan rings is 1. The minimum atomic E-state index is -1.43. The van der Waals surface area contributed by atoms with Crippen LogP contribution in [0, 0.1) is 5.92 Å². The first-order valence-corrected chi connectivity index (χ1v) is 13.6. The van der Waals surface area contributed by atoms with Crippen LogP contribution in [0.3, 0.4) is 0 Å². The van der Waals surface area contributed by atoms with Gasteiger partial charge in [0, 0.05) is 24.5 Å². The van der Waals surface area contributed by atoms with E-state index in [-0.39, 0.29) is 42.8 Å². The number of amides is 5. The van der Waals surface area contributed by atoms with Crippen LogP contribution in [-0.4, -0.2) is 82.0 Å². The van der Waals surface area contributed by atoms with E-state index in [9.17, 15) is 29.1 Å². The van der Waals surface area contributed by atoms with Crippen LogP contribution in [0.25, 0.3) is 11.0 Å². The number of nitrogens with one attached hydrogen (secondary N) is 4. The summed E-state index contributed by atoms with van der Waals surface area (Å²) >= 11 is 0. The first-order chi connectivity index (χ1) is 19.9. The minimum absolute atomic E-state index is 0.0216. The quantitative estimate of drug-likeness (QED) is 0.289. The van der Waals surface area contributed by atoms with Gasteiger partial charge in [-0.25, -0.2) is 0 Å². The van der Waals surface area contributed by atoms with Gasteiger partial charge in [0.2, 0.25) is 17.7 Å². The summed E-state index contributed by atoms with van der Waals surface area (Å²) in [4.78, 5) is 66.6. The highest BCUT2D eigenvalue weighted by molar-refractivity contribution is 5.98. The lowest BCUT2D eigenvalue weighted by molar-refractivity contribution is -0.133. The fourth-order valence-electron chi connectivity index (χ4n) is 4.40. The lowest BCUT2D eigenvalue weighted by Gasteiger charge is -2.26. The van der Waals surface area contributed by atoms with Gasteiger partial charge in [0.1, 0.15) is 23.7 Å². The highest BCUT2D eigenvalue weighted by Gasteiger charge is 2.32. The number of nitrogens with zero attached hydrogens (tertiary/aromatic N) is 2. The Kier molecular flexibility index (Phi) is 9.25. The summed E-state index contributed by atoms with van der Waals surface area (Å²) in [6.45, 7) is 6.12. The number of hydrogen-bond acceptors (Lipinski definition) is 9. The highest BCUT2D eigenvalue weighted by atomic mass is 16.5. The summed E-state index contributed by atoms with van der Waals surface area (Å²) in [5.74, 6) is -3.35. The van der Waals surface area contributed by atoms with Gasteiger partial charge in [-0.1, -0.05) is 37.2 Å². The summed E-state index contributed by atoms with van der Waals surface area (Å²) in [6, 6.07) is 6.57. The van der Waals surface area contributed by atoms with E-state index < -0.39 is 53.8 Å². The minimum Gasteiger partial charge on any atom is -0.451 e. The van der Waals surface area contributed by atoms with Crippen molar-refractivity contribution in [1.29, 1.82) is 0 Å². The number of hydrogen-bond donors (Lipinski definition) is 5. The summed E-state index contributed by atoms with van der Waals surface area (Å²) in [6.07, 6.45) is -1.33. The van der Waals surface area contributed by atoms with Crippen molar-refractivity contribution in [3.63, 3.8) is 0 Å². The van der Waals surface area contributed by atoms with Gasteiger partial charge >= 0.3 is 0 Å². The summed E-state index contributed by atoms with van der Waals surface area (Å²) < 4.78 is 11.0. The van der Waals surface area contributed by atoms with Crippen molar-refractivity contribution in [3.05, 3.63) is 53.6 Å². The Balaban J connectivity index is 1.65. The molecule has 3 heterocycles. The van der Waals surface area contributed by atoms with Gasteiger partial charge in [0.25, 0.3) is 11.8 Å². The monoisotopic (exact) mass is 582 g/mol. The Morgan fingerprint density at radius 1 is 1.00 bits per heavy atom. The van der Waals surface area contributed by atoms with Gasteiger partial charge in [0.05, 0.1) is 12.6 Å². The predicted octanol–water partition coefficient (Wildman–Crippen LogP) is 0.318. The molecule has 0 radical (unpaired) electrons. The van der Waals surface area contributed by atoms with Crippen LogP contribution in [0.4, 0.5) is 0 Å². The van der Waals surface area contributed by atoms with E-state index >= 15 is 0 Å². The Morgan fingerprint density at radius 2 is 1.74 bits per heavy atom. The number of aliphatic hydroxyl groups excluding tert-OH is 1. The molecule has 0 saturated carbocycles. The van der Waals surface area contributed by atoms with E-state index in [1.807, 2.05) is 6.07 Å². The lowest BCUT2D eigenvalue weighted by atomic mass is 10.0. The Bertz CT molecular complexity index is 1440. The van der Waals surface area contributed by atoms with Crippen LogP contribution in [0.15, 0.2) is 45.3 Å². The first-order valence-electron chi connectivity index (χ1n) is 13.6. The fourth-order valence-corrected chi connectivity index (χ4v) is 4.40. The number of benzene rings is 1. The van der Waals surface area contributed by atoms with Crippen molar-refractivity contribution in [3.8, 4) is 0 Å². The zero-order valence-electron chi connectivity index (χ0n) is 23.7. The molecule has 5 N–H and O–H groups in total. The Morgan fingerprint density at radius 3 is 2.43 bits per heavy atom. The maximum atomic E-state index is 13.5. The van der Waals surface area contributed by atoms with Gasteiger partial charge in [-0.05, 0) is 31.9 Å². The number of para-hydroxylation sites is 1. The zero-order chi connectivity index (χ0) is 30.6. The molecule has 4 atom stereocenters. The second-order valence-corrected chi connectivity index (χ2v) is 10.5. The van der Waals surface area contributed by atoms with Crippen molar-refractivity contribution in [2.45, 2.75) is 58.5 Å². The van der Waals surface area contributed by atoms with Crippen LogP contribution < -0.4 is 21.3 Å². The molecule has 14 heteroatoms. The van der Waals surface area contributed by atoms with E-state index in [4.69, 9.17) is 8.94 Å². The van der Waals surface area contributed by atoms with E-state index in [0.29, 0.717) is 5.58 Å². The topological polar surface area (TPSA) is 196 Å². The standard InChI is InChI=1S/C28H34N6O8/c1-14(2)22-26(38)29-9-10-34(28(40)21-11-17-7-5-6-8-20(17)41-21)13-18-12-19(33-42-18)25(37)32-23(16(4)35)27(39)30-15(3)24(36)31-22/h5-8,11-12,14-16,22-23,35H,9-10,13H2,1-4H3,(H,29,38)(H,30,39)(H,31,36)(H,32,37)/t15-,16+,22-,23-/m0/s1. The molecule has 1 aromatic carbocycles. The number of rotatable bonds is 3. The van der Waals surface area contributed by atoms with Crippen molar-refractivity contribution in [2.24, 2.45) is 5.92 Å². The number of aliphatic hydroxyl groups is 1. The summed E-state index contributed by atoms with van der Waals surface area (Å²) in [5.41, 5.74) is 0.329. The zero-order valence-corrected chi connectivity index (χ0v) is 23.7. The van der Waals surface area contributed by atoms with E-state index in [0.717, 1.165) is 5.39 Å². The molecule has 5 amide bonds. The third-order valence-corrected chi connectivity index (χ3v) is 6.79. The van der Waals surface area contributed by atoms with Crippen molar-refractivity contribution in [1.82, 2.24) is 31.3 Å². The van der Waals surface area contributed by atoms with Gasteiger partial charge in [-0.3, -0.25) is 24.0 Å². The van der Waals surface area contributed by atoms with Gasteiger partial charge in [-0.15, -0.1) is 0 Å². The number of fused-ring (bicyclic) bond motifs is 3. The van der Waals surface area contributed by atoms with Gasteiger partial charge in [0.15, 0.2) is 17.2 Å². The molecule has 0 unspecified atom stereocenters. The fraction of sp³-hybridized carbons (Fsp3) is 0.429. The highest BCUT2D eigenvalue weighted by Crippen LogP contribution is 2.21. The van der Waals surface area contributed by atoms with Crippen molar-refractivity contribution >= 4 is 40.5 Å². The molecule has 42 heavy (non-hydrogen) atoms. The normalized spacial score (nSPS) is 22.0. The van der Waals surface area contributed by atoms with E-state index in [2.05, 4.69) is 26.4 Å². The van der Waals surface area contributed by atoms with Crippen LogP contribution in [0.2, 0.25) is 0 Å². The molecule has 1 aliphatic heterocycles. The SMILES string of the molecule is CC(C)[C@@H]1NC(=O)[C@H](C)NC(=O)[C@H]([C@@H](C)O)NC(=O)c2cc(on2)CN(C(=O)c2cc3ccccc3o2)CCNC1=O. The molecule has 3 aromatic rings. The third-order valence-electron chi connectivity index (χ3n) is 6.79. The van der Waals surface area contributed by atoms with Crippen molar-refractivity contribution < 1.29 is 38.0 Å². The number of carbonyl (C=O) groups excluding carboxylic acids is 5. The molecular weight excluding hydrogens is 548 g/mol. The second kappa shape index (κ2) is 12.9.